The summed E-state index contributed by atoms with van der Waals surface area (Å²) in [5, 5.41) is 13.8. The quantitative estimate of drug-likeness (QED) is 0.880. The summed E-state index contributed by atoms with van der Waals surface area (Å²) in [6, 6.07) is 5.46. The first-order valence-electron chi connectivity index (χ1n) is 4.76. The topological polar surface area (TPSA) is 93.2 Å². The molecule has 0 spiro atoms. The highest BCUT2D eigenvalue weighted by molar-refractivity contribution is 7.89. The van der Waals surface area contributed by atoms with Crippen LogP contribution >= 0.6 is 0 Å². The van der Waals surface area contributed by atoms with Gasteiger partial charge in [0.15, 0.2) is 0 Å². The lowest BCUT2D eigenvalue weighted by atomic mass is 10.2. The average Bonchev–Trinajstić information content (AvgIpc) is 2.27. The van der Waals surface area contributed by atoms with Gasteiger partial charge in [-0.25, -0.2) is 17.9 Å². The number of ether oxygens (including phenoxy) is 1. The smallest absolute Gasteiger partial charge is 0.239 e. The zero-order chi connectivity index (χ0) is 13.1. The molecule has 0 fully saturated rings. The summed E-state index contributed by atoms with van der Waals surface area (Å²) < 4.78 is 40.3. The Morgan fingerprint density at radius 3 is 2.71 bits per heavy atom. The molecule has 0 aliphatic carbocycles. The van der Waals surface area contributed by atoms with Crippen LogP contribution in [0.2, 0.25) is 0 Å². The van der Waals surface area contributed by atoms with E-state index in [9.17, 15) is 12.8 Å². The molecule has 1 unspecified atom stereocenters. The van der Waals surface area contributed by atoms with Gasteiger partial charge in [0.05, 0.1) is 0 Å². The lowest BCUT2D eigenvalue weighted by Gasteiger charge is -2.12. The van der Waals surface area contributed by atoms with E-state index in [4.69, 9.17) is 15.1 Å². The predicted octanol–water partition coefficient (Wildman–Crippen LogP) is 1.29. The molecule has 0 saturated heterocycles. The molecular formula is C10H11FN2O3S. The van der Waals surface area contributed by atoms with E-state index < -0.39 is 16.4 Å². The van der Waals surface area contributed by atoms with E-state index in [0.29, 0.717) is 0 Å². The molecule has 1 rings (SSSR count). The van der Waals surface area contributed by atoms with Crippen LogP contribution in [0, 0.1) is 11.3 Å². The van der Waals surface area contributed by atoms with Crippen molar-refractivity contribution in [1.82, 2.24) is 0 Å². The minimum absolute atomic E-state index is 0.0878. The molecule has 0 bridgehead atoms. The van der Waals surface area contributed by atoms with Gasteiger partial charge in [0, 0.05) is 6.42 Å². The molecule has 0 heterocycles. The zero-order valence-electron chi connectivity index (χ0n) is 9.05. The number of nitrogens with zero attached hydrogens (tertiary/aromatic N) is 1. The molecule has 2 N–H and O–H groups in total. The van der Waals surface area contributed by atoms with Crippen molar-refractivity contribution in [3.05, 3.63) is 23.8 Å². The van der Waals surface area contributed by atoms with Crippen molar-refractivity contribution in [2.45, 2.75) is 24.6 Å². The molecule has 17 heavy (non-hydrogen) atoms. The van der Waals surface area contributed by atoms with Crippen molar-refractivity contribution in [3.8, 4) is 11.8 Å². The number of nitriles is 1. The minimum Gasteiger partial charge on any atom is -0.459 e. The summed E-state index contributed by atoms with van der Waals surface area (Å²) in [5.74, 6) is -0.131. The standard InChI is InChI=1S/C10H11FN2O3S/c1-2-10(11)16-8-4-3-5-9(7(8)6-12)17(13,14)15/h3-5,10H,2H2,1H3,(H2,13,14,15). The van der Waals surface area contributed by atoms with Gasteiger partial charge < -0.3 is 4.74 Å². The fraction of sp³-hybridized carbons (Fsp3) is 0.300. The Labute approximate surface area is 98.7 Å². The second-order valence-corrected chi connectivity index (χ2v) is 4.75. The van der Waals surface area contributed by atoms with Crippen LogP contribution in [0.15, 0.2) is 23.1 Å². The van der Waals surface area contributed by atoms with E-state index in [1.807, 2.05) is 0 Å². The predicted molar refractivity (Wildman–Crippen MR) is 58.3 cm³/mol. The number of hydrogen-bond acceptors (Lipinski definition) is 4. The van der Waals surface area contributed by atoms with Crippen molar-refractivity contribution in [1.29, 1.82) is 5.26 Å². The van der Waals surface area contributed by atoms with E-state index in [1.54, 1.807) is 13.0 Å². The first kappa shape index (κ1) is 13.4. The minimum atomic E-state index is -4.04. The van der Waals surface area contributed by atoms with Gasteiger partial charge in [-0.2, -0.15) is 5.26 Å². The summed E-state index contributed by atoms with van der Waals surface area (Å²) in [7, 11) is -4.04. The number of rotatable bonds is 4. The summed E-state index contributed by atoms with van der Waals surface area (Å²) in [5.41, 5.74) is -0.286. The van der Waals surface area contributed by atoms with Crippen LogP contribution in [0.5, 0.6) is 5.75 Å². The van der Waals surface area contributed by atoms with E-state index in [2.05, 4.69) is 0 Å². The summed E-state index contributed by atoms with van der Waals surface area (Å²) >= 11 is 0. The van der Waals surface area contributed by atoms with Crippen LogP contribution in [-0.4, -0.2) is 14.8 Å². The third kappa shape index (κ3) is 3.15. The number of benzene rings is 1. The van der Waals surface area contributed by atoms with Crippen LogP contribution in [0.3, 0.4) is 0 Å². The average molecular weight is 258 g/mol. The first-order valence-corrected chi connectivity index (χ1v) is 6.31. The van der Waals surface area contributed by atoms with Gasteiger partial charge in [-0.05, 0) is 12.1 Å². The van der Waals surface area contributed by atoms with E-state index in [0.717, 1.165) is 0 Å². The van der Waals surface area contributed by atoms with E-state index in [-0.39, 0.29) is 22.6 Å². The highest BCUT2D eigenvalue weighted by atomic mass is 32.2. The van der Waals surface area contributed by atoms with Crippen molar-refractivity contribution in [2.24, 2.45) is 5.14 Å². The molecule has 1 aromatic rings. The lowest BCUT2D eigenvalue weighted by molar-refractivity contribution is 0.0636. The fourth-order valence-electron chi connectivity index (χ4n) is 1.18. The SMILES string of the molecule is CCC(F)Oc1cccc(S(N)(=O)=O)c1C#N. The van der Waals surface area contributed by atoms with Crippen molar-refractivity contribution in [2.75, 3.05) is 0 Å². The van der Waals surface area contributed by atoms with E-state index in [1.165, 1.54) is 18.2 Å². The number of nitrogens with two attached hydrogens (primary N) is 1. The largest absolute Gasteiger partial charge is 0.459 e. The molecular weight excluding hydrogens is 247 g/mol. The number of primary sulfonamides is 1. The monoisotopic (exact) mass is 258 g/mol. The Kier molecular flexibility index (Phi) is 4.04. The van der Waals surface area contributed by atoms with Gasteiger partial charge >= 0.3 is 0 Å². The number of sulfonamides is 1. The number of halogens is 1. The van der Waals surface area contributed by atoms with Gasteiger partial charge in [0.2, 0.25) is 16.4 Å². The van der Waals surface area contributed by atoms with Gasteiger partial charge in [0.25, 0.3) is 0 Å². The maximum atomic E-state index is 13.0. The summed E-state index contributed by atoms with van der Waals surface area (Å²) in [6.45, 7) is 1.56. The third-order valence-electron chi connectivity index (χ3n) is 1.98. The van der Waals surface area contributed by atoms with E-state index >= 15 is 0 Å². The van der Waals surface area contributed by atoms with Crippen molar-refractivity contribution >= 4 is 10.0 Å². The van der Waals surface area contributed by atoms with Crippen LogP contribution in [0.1, 0.15) is 18.9 Å². The molecule has 7 heteroatoms. The van der Waals surface area contributed by atoms with Crippen LogP contribution in [-0.2, 0) is 10.0 Å². The van der Waals surface area contributed by atoms with Crippen LogP contribution < -0.4 is 9.88 Å². The molecule has 0 aliphatic heterocycles. The van der Waals surface area contributed by atoms with Crippen molar-refractivity contribution < 1.29 is 17.5 Å². The Hall–Kier alpha value is -1.65. The van der Waals surface area contributed by atoms with Gasteiger partial charge in [0.1, 0.15) is 22.3 Å². The van der Waals surface area contributed by atoms with Crippen LogP contribution in [0.25, 0.3) is 0 Å². The molecule has 0 aliphatic rings. The highest BCUT2D eigenvalue weighted by Crippen LogP contribution is 2.25. The third-order valence-corrected chi connectivity index (χ3v) is 2.94. The van der Waals surface area contributed by atoms with Crippen LogP contribution in [0.4, 0.5) is 4.39 Å². The molecule has 1 aromatic carbocycles. The van der Waals surface area contributed by atoms with Gasteiger partial charge in [-0.3, -0.25) is 0 Å². The Bertz CT molecular complexity index is 551. The summed E-state index contributed by atoms with van der Waals surface area (Å²) in [6.07, 6.45) is -1.51. The molecule has 92 valence electrons. The number of hydrogen-bond donors (Lipinski definition) is 1. The maximum Gasteiger partial charge on any atom is 0.239 e. The maximum absolute atomic E-state index is 13.0. The van der Waals surface area contributed by atoms with Gasteiger partial charge in [-0.15, -0.1) is 0 Å². The normalized spacial score (nSPS) is 12.8. The van der Waals surface area contributed by atoms with Crippen molar-refractivity contribution in [3.63, 3.8) is 0 Å². The molecule has 5 nitrogen and oxygen atoms in total. The highest BCUT2D eigenvalue weighted by Gasteiger charge is 2.19. The molecule has 0 saturated carbocycles. The second kappa shape index (κ2) is 5.12. The first-order chi connectivity index (χ1) is 7.90. The molecule has 0 amide bonds. The fourth-order valence-corrected chi connectivity index (χ4v) is 1.88. The Balaban J connectivity index is 3.31. The zero-order valence-corrected chi connectivity index (χ0v) is 9.87. The number of alkyl halides is 1. The second-order valence-electron chi connectivity index (χ2n) is 3.22. The lowest BCUT2D eigenvalue weighted by Crippen LogP contribution is -2.15. The Morgan fingerprint density at radius 2 is 2.24 bits per heavy atom. The Morgan fingerprint density at radius 1 is 1.59 bits per heavy atom. The van der Waals surface area contributed by atoms with Gasteiger partial charge in [-0.1, -0.05) is 13.0 Å². The molecule has 1 atom stereocenters. The molecule has 0 radical (unpaired) electrons. The summed E-state index contributed by atoms with van der Waals surface area (Å²) in [4.78, 5) is -0.374. The molecule has 0 aromatic heterocycles.